The van der Waals surface area contributed by atoms with Crippen molar-refractivity contribution in [3.05, 3.63) is 23.8 Å². The highest BCUT2D eigenvalue weighted by molar-refractivity contribution is 5.80. The predicted molar refractivity (Wildman–Crippen MR) is 116 cm³/mol. The van der Waals surface area contributed by atoms with Gasteiger partial charge in [0.15, 0.2) is 11.5 Å². The first kappa shape index (κ1) is 21.4. The second-order valence-corrected chi connectivity index (χ2v) is 9.09. The Morgan fingerprint density at radius 2 is 1.93 bits per heavy atom. The van der Waals surface area contributed by atoms with Gasteiger partial charge in [-0.1, -0.05) is 12.1 Å². The number of fused-ring (bicyclic) bond motifs is 1. The number of hydrogen-bond acceptors (Lipinski definition) is 5. The molecule has 1 N–H and O–H groups in total. The number of nitrogens with zero attached hydrogens (tertiary/aromatic N) is 1. The lowest BCUT2D eigenvalue weighted by molar-refractivity contribution is -0.131. The van der Waals surface area contributed by atoms with Crippen molar-refractivity contribution in [3.8, 4) is 11.5 Å². The van der Waals surface area contributed by atoms with Crippen LogP contribution in [0.2, 0.25) is 0 Å². The van der Waals surface area contributed by atoms with Crippen molar-refractivity contribution in [1.82, 2.24) is 10.2 Å². The first-order chi connectivity index (χ1) is 14.6. The van der Waals surface area contributed by atoms with Crippen molar-refractivity contribution in [3.63, 3.8) is 0 Å². The average Bonchev–Trinajstić information content (AvgIpc) is 3.27. The Kier molecular flexibility index (Phi) is 7.16. The summed E-state index contributed by atoms with van der Waals surface area (Å²) in [7, 11) is 1.58. The van der Waals surface area contributed by atoms with Gasteiger partial charge in [-0.15, -0.1) is 0 Å². The maximum Gasteiger partial charge on any atom is 0.249 e. The number of nitrogens with one attached hydrogen (secondary N) is 1. The second-order valence-electron chi connectivity index (χ2n) is 9.09. The number of piperidine rings is 1. The zero-order valence-electron chi connectivity index (χ0n) is 18.4. The van der Waals surface area contributed by atoms with Gasteiger partial charge >= 0.3 is 0 Å². The molecular weight excluding hydrogens is 380 g/mol. The molecule has 2 aliphatic heterocycles. The molecule has 30 heavy (non-hydrogen) atoms. The highest BCUT2D eigenvalue weighted by Crippen LogP contribution is 2.42. The van der Waals surface area contributed by atoms with Gasteiger partial charge in [-0.05, 0) is 89.4 Å². The Morgan fingerprint density at radius 3 is 2.67 bits per heavy atom. The second kappa shape index (κ2) is 10.0. The molecule has 1 aromatic rings. The van der Waals surface area contributed by atoms with E-state index < -0.39 is 0 Å². The molecule has 1 aliphatic carbocycles. The van der Waals surface area contributed by atoms with Gasteiger partial charge in [-0.3, -0.25) is 4.79 Å². The molecule has 2 heterocycles. The fourth-order valence-electron chi connectivity index (χ4n) is 5.13. The summed E-state index contributed by atoms with van der Waals surface area (Å²) in [4.78, 5) is 14.6. The molecule has 0 aromatic heterocycles. The number of carbonyl (C=O) groups excluding carboxylic acids is 1. The van der Waals surface area contributed by atoms with E-state index >= 15 is 0 Å². The number of para-hydroxylation sites is 1. The van der Waals surface area contributed by atoms with Gasteiger partial charge < -0.3 is 24.4 Å². The normalized spacial score (nSPS) is 25.8. The van der Waals surface area contributed by atoms with Crippen LogP contribution < -0.4 is 14.8 Å². The minimum Gasteiger partial charge on any atom is -0.454 e. The van der Waals surface area contributed by atoms with E-state index in [1.165, 1.54) is 44.2 Å². The number of amides is 1. The molecule has 1 atom stereocenters. The molecule has 6 nitrogen and oxygen atoms in total. The highest BCUT2D eigenvalue weighted by Gasteiger charge is 2.28. The summed E-state index contributed by atoms with van der Waals surface area (Å²) in [5, 5.41) is 3.14. The summed E-state index contributed by atoms with van der Waals surface area (Å²) in [5.41, 5.74) is 1.33. The Hall–Kier alpha value is -1.79. The Bertz CT molecular complexity index is 709. The Morgan fingerprint density at radius 1 is 1.17 bits per heavy atom. The smallest absolute Gasteiger partial charge is 0.249 e. The first-order valence-electron chi connectivity index (χ1n) is 11.6. The van der Waals surface area contributed by atoms with Crippen LogP contribution in [0, 0.1) is 5.92 Å². The molecule has 0 radical (unpaired) electrons. The molecule has 3 aliphatic rings. The van der Waals surface area contributed by atoms with E-state index in [9.17, 15) is 4.79 Å². The number of carbonyl (C=O) groups is 1. The molecule has 1 aromatic carbocycles. The number of rotatable bonds is 7. The van der Waals surface area contributed by atoms with E-state index in [2.05, 4.69) is 22.3 Å². The van der Waals surface area contributed by atoms with Crippen LogP contribution in [-0.4, -0.2) is 56.5 Å². The number of hydrogen-bond donors (Lipinski definition) is 1. The van der Waals surface area contributed by atoms with E-state index in [0.29, 0.717) is 18.8 Å². The van der Waals surface area contributed by atoms with Gasteiger partial charge in [0.25, 0.3) is 0 Å². The van der Waals surface area contributed by atoms with Crippen LogP contribution in [0.5, 0.6) is 11.5 Å². The fourth-order valence-corrected chi connectivity index (χ4v) is 5.13. The van der Waals surface area contributed by atoms with E-state index in [1.807, 2.05) is 6.07 Å². The van der Waals surface area contributed by atoms with Crippen molar-refractivity contribution >= 4 is 5.91 Å². The molecule has 2 fully saturated rings. The first-order valence-corrected chi connectivity index (χ1v) is 11.6. The zero-order chi connectivity index (χ0) is 20.9. The summed E-state index contributed by atoms with van der Waals surface area (Å²) < 4.78 is 16.4. The molecule has 1 saturated heterocycles. The average molecular weight is 417 g/mol. The van der Waals surface area contributed by atoms with Crippen LogP contribution in [0.15, 0.2) is 18.2 Å². The van der Waals surface area contributed by atoms with E-state index in [0.717, 1.165) is 43.3 Å². The molecule has 0 unspecified atom stereocenters. The molecular formula is C24H36N2O4. The molecule has 6 heteroatoms. The van der Waals surface area contributed by atoms with Crippen molar-refractivity contribution in [2.75, 3.05) is 33.5 Å². The lowest BCUT2D eigenvalue weighted by Crippen LogP contribution is -2.43. The fraction of sp³-hybridized carbons (Fsp3) is 0.708. The quantitative estimate of drug-likeness (QED) is 0.735. The van der Waals surface area contributed by atoms with E-state index in [4.69, 9.17) is 14.2 Å². The molecule has 4 rings (SSSR count). The topological polar surface area (TPSA) is 60.0 Å². The summed E-state index contributed by atoms with van der Waals surface area (Å²) in [6, 6.07) is 6.61. The molecule has 0 spiro atoms. The minimum absolute atomic E-state index is 0.0184. The Labute approximate surface area is 180 Å². The molecule has 166 valence electrons. The zero-order valence-corrected chi connectivity index (χ0v) is 18.4. The van der Waals surface area contributed by atoms with Crippen molar-refractivity contribution < 1.29 is 19.0 Å². The largest absolute Gasteiger partial charge is 0.454 e. The van der Waals surface area contributed by atoms with Crippen LogP contribution in [0.1, 0.15) is 63.4 Å². The van der Waals surface area contributed by atoms with Crippen molar-refractivity contribution in [1.29, 1.82) is 0 Å². The minimum atomic E-state index is -0.360. The summed E-state index contributed by atoms with van der Waals surface area (Å²) in [5.74, 6) is 3.26. The van der Waals surface area contributed by atoms with Crippen molar-refractivity contribution in [2.45, 2.75) is 69.9 Å². The summed E-state index contributed by atoms with van der Waals surface area (Å²) in [6.07, 6.45) is 7.92. The van der Waals surface area contributed by atoms with E-state index in [-0.39, 0.29) is 12.0 Å². The van der Waals surface area contributed by atoms with E-state index in [1.54, 1.807) is 14.0 Å². The number of ether oxygens (including phenoxy) is 3. The third kappa shape index (κ3) is 5.09. The third-order valence-electron chi connectivity index (χ3n) is 7.22. The maximum absolute atomic E-state index is 12.0. The van der Waals surface area contributed by atoms with Gasteiger partial charge in [0.1, 0.15) is 6.10 Å². The van der Waals surface area contributed by atoms with Crippen LogP contribution in [0.25, 0.3) is 0 Å². The van der Waals surface area contributed by atoms with Crippen LogP contribution in [0.4, 0.5) is 0 Å². The number of benzene rings is 1. The van der Waals surface area contributed by atoms with Gasteiger partial charge in [0.05, 0.1) is 0 Å². The maximum atomic E-state index is 12.0. The third-order valence-corrected chi connectivity index (χ3v) is 7.22. The van der Waals surface area contributed by atoms with Crippen molar-refractivity contribution in [2.24, 2.45) is 5.92 Å². The number of likely N-dealkylation sites (tertiary alicyclic amines) is 1. The molecule has 1 saturated carbocycles. The van der Waals surface area contributed by atoms with Gasteiger partial charge in [0.2, 0.25) is 12.7 Å². The van der Waals surface area contributed by atoms with Gasteiger partial charge in [0, 0.05) is 18.7 Å². The van der Waals surface area contributed by atoms with Gasteiger partial charge in [-0.2, -0.15) is 0 Å². The lowest BCUT2D eigenvalue weighted by Gasteiger charge is -2.35. The lowest BCUT2D eigenvalue weighted by atomic mass is 9.83. The number of methoxy groups -OCH3 is 1. The monoisotopic (exact) mass is 416 g/mol. The SMILES string of the molecule is CO[C@H](C)C(=O)N[C@H]1CC[C@H](CCN2CCC(c3cccc4c3OCO4)CC2)CC1. The Balaban J connectivity index is 1.16. The summed E-state index contributed by atoms with van der Waals surface area (Å²) in [6.45, 7) is 5.67. The van der Waals surface area contributed by atoms with Gasteiger partial charge in [-0.25, -0.2) is 0 Å². The predicted octanol–water partition coefficient (Wildman–Crippen LogP) is 3.69. The standard InChI is InChI=1S/C24H36N2O4/c1-17(28-2)24(27)25-20-8-6-18(7-9-20)10-13-26-14-11-19(12-15-26)21-4-3-5-22-23(21)30-16-29-22/h3-5,17-20H,6-16H2,1-2H3,(H,25,27)/t17-,18-,20-/m1/s1. The highest BCUT2D eigenvalue weighted by atomic mass is 16.7. The van der Waals surface area contributed by atoms with Crippen LogP contribution in [0.3, 0.4) is 0 Å². The van der Waals surface area contributed by atoms with Crippen LogP contribution >= 0.6 is 0 Å². The molecule has 0 bridgehead atoms. The van der Waals surface area contributed by atoms with Crippen LogP contribution in [-0.2, 0) is 9.53 Å². The molecule has 1 amide bonds. The summed E-state index contributed by atoms with van der Waals surface area (Å²) >= 11 is 0.